The maximum atomic E-state index is 13.4. The van der Waals surface area contributed by atoms with Crippen molar-refractivity contribution in [1.82, 2.24) is 5.32 Å². The molecule has 2 nitrogen and oxygen atoms in total. The molecule has 3 heteroatoms. The van der Waals surface area contributed by atoms with Crippen LogP contribution in [-0.4, -0.2) is 12.5 Å². The molecule has 0 bridgehead atoms. The number of carbonyl (C=O) groups is 1. The minimum atomic E-state index is -0.191. The Hall–Kier alpha value is -1.38. The van der Waals surface area contributed by atoms with Gasteiger partial charge in [-0.1, -0.05) is 37.5 Å². The second-order valence-corrected chi connectivity index (χ2v) is 5.40. The highest BCUT2D eigenvalue weighted by Gasteiger charge is 2.16. The van der Waals surface area contributed by atoms with Crippen molar-refractivity contribution < 1.29 is 9.18 Å². The molecule has 19 heavy (non-hydrogen) atoms. The van der Waals surface area contributed by atoms with E-state index in [1.54, 1.807) is 12.1 Å². The van der Waals surface area contributed by atoms with Gasteiger partial charge in [0.25, 0.3) is 0 Å². The van der Waals surface area contributed by atoms with E-state index in [0.717, 1.165) is 0 Å². The molecule has 1 aliphatic carbocycles. The number of carbonyl (C=O) groups excluding carboxylic acids is 1. The Kier molecular flexibility index (Phi) is 5.37. The summed E-state index contributed by atoms with van der Waals surface area (Å²) in [6.45, 7) is 0.520. The van der Waals surface area contributed by atoms with Gasteiger partial charge < -0.3 is 5.32 Å². The molecular weight excluding hydrogens is 241 g/mol. The average Bonchev–Trinajstić information content (AvgIpc) is 2.42. The molecule has 1 aliphatic rings. The first-order valence-corrected chi connectivity index (χ1v) is 7.26. The zero-order valence-electron chi connectivity index (χ0n) is 11.3. The van der Waals surface area contributed by atoms with Crippen LogP contribution in [0.3, 0.4) is 0 Å². The van der Waals surface area contributed by atoms with Crippen molar-refractivity contribution in [2.24, 2.45) is 5.92 Å². The predicted molar refractivity (Wildman–Crippen MR) is 74.3 cm³/mol. The van der Waals surface area contributed by atoms with Gasteiger partial charge in [-0.05, 0) is 36.8 Å². The van der Waals surface area contributed by atoms with E-state index in [1.165, 1.54) is 38.2 Å². The predicted octanol–water partition coefficient (Wildman–Crippen LogP) is 3.45. The van der Waals surface area contributed by atoms with E-state index in [4.69, 9.17) is 0 Å². The maximum Gasteiger partial charge on any atom is 0.220 e. The third-order valence-electron chi connectivity index (χ3n) is 3.87. The Morgan fingerprint density at radius 1 is 1.21 bits per heavy atom. The Morgan fingerprint density at radius 2 is 1.95 bits per heavy atom. The van der Waals surface area contributed by atoms with Crippen LogP contribution >= 0.6 is 0 Å². The van der Waals surface area contributed by atoms with Crippen molar-refractivity contribution in [1.29, 1.82) is 0 Å². The van der Waals surface area contributed by atoms with Crippen molar-refractivity contribution >= 4 is 5.91 Å². The van der Waals surface area contributed by atoms with E-state index in [0.29, 0.717) is 30.9 Å². The zero-order valence-corrected chi connectivity index (χ0v) is 11.3. The number of hydrogen-bond acceptors (Lipinski definition) is 1. The van der Waals surface area contributed by atoms with Crippen molar-refractivity contribution in [3.8, 4) is 0 Å². The zero-order chi connectivity index (χ0) is 13.5. The molecule has 0 saturated heterocycles. The summed E-state index contributed by atoms with van der Waals surface area (Å²) in [5, 5.41) is 2.90. The molecule has 1 saturated carbocycles. The van der Waals surface area contributed by atoms with Gasteiger partial charge in [-0.25, -0.2) is 4.39 Å². The lowest BCUT2D eigenvalue weighted by molar-refractivity contribution is -0.122. The summed E-state index contributed by atoms with van der Waals surface area (Å²) in [6.07, 6.45) is 7.38. The van der Waals surface area contributed by atoms with Crippen molar-refractivity contribution in [3.05, 3.63) is 35.6 Å². The SMILES string of the molecule is O=C(CC1CCCCC1)NCCc1ccccc1F. The molecule has 0 aromatic heterocycles. The number of hydrogen-bond donors (Lipinski definition) is 1. The molecule has 1 aromatic rings. The van der Waals surface area contributed by atoms with E-state index < -0.39 is 0 Å². The average molecular weight is 263 g/mol. The minimum Gasteiger partial charge on any atom is -0.356 e. The molecule has 0 spiro atoms. The van der Waals surface area contributed by atoms with Crippen LogP contribution < -0.4 is 5.32 Å². The topological polar surface area (TPSA) is 29.1 Å². The maximum absolute atomic E-state index is 13.4. The first-order valence-electron chi connectivity index (χ1n) is 7.26. The molecule has 1 N–H and O–H groups in total. The largest absolute Gasteiger partial charge is 0.356 e. The van der Waals surface area contributed by atoms with Gasteiger partial charge in [0.05, 0.1) is 0 Å². The highest BCUT2D eigenvalue weighted by molar-refractivity contribution is 5.76. The van der Waals surface area contributed by atoms with E-state index in [1.807, 2.05) is 6.07 Å². The molecule has 0 radical (unpaired) electrons. The Bertz CT molecular complexity index is 413. The fourth-order valence-corrected chi connectivity index (χ4v) is 2.76. The number of amides is 1. The van der Waals surface area contributed by atoms with Gasteiger partial charge in [-0.15, -0.1) is 0 Å². The fourth-order valence-electron chi connectivity index (χ4n) is 2.76. The second kappa shape index (κ2) is 7.27. The van der Waals surface area contributed by atoms with Gasteiger partial charge in [-0.3, -0.25) is 4.79 Å². The standard InChI is InChI=1S/C16H22FNO/c17-15-9-5-4-8-14(15)10-11-18-16(19)12-13-6-2-1-3-7-13/h4-5,8-9,13H,1-3,6-7,10-12H2,(H,18,19). The normalized spacial score (nSPS) is 16.3. The van der Waals surface area contributed by atoms with Gasteiger partial charge in [0.15, 0.2) is 0 Å². The quantitative estimate of drug-likeness (QED) is 0.866. The first-order chi connectivity index (χ1) is 9.25. The van der Waals surface area contributed by atoms with Gasteiger partial charge in [0.2, 0.25) is 5.91 Å². The van der Waals surface area contributed by atoms with Crippen LogP contribution in [0.5, 0.6) is 0 Å². The van der Waals surface area contributed by atoms with Crippen molar-refractivity contribution in [2.45, 2.75) is 44.9 Å². The highest BCUT2D eigenvalue weighted by Crippen LogP contribution is 2.25. The molecule has 1 fully saturated rings. The lowest BCUT2D eigenvalue weighted by Crippen LogP contribution is -2.28. The molecule has 0 aliphatic heterocycles. The smallest absolute Gasteiger partial charge is 0.220 e. The monoisotopic (exact) mass is 263 g/mol. The Morgan fingerprint density at radius 3 is 2.68 bits per heavy atom. The summed E-state index contributed by atoms with van der Waals surface area (Å²) in [7, 11) is 0. The molecule has 0 heterocycles. The molecular formula is C16H22FNO. The first kappa shape index (κ1) is 14.0. The second-order valence-electron chi connectivity index (χ2n) is 5.40. The van der Waals surface area contributed by atoms with E-state index in [2.05, 4.69) is 5.32 Å². The van der Waals surface area contributed by atoms with Crippen LogP contribution in [-0.2, 0) is 11.2 Å². The number of halogens is 1. The molecule has 1 amide bonds. The summed E-state index contributed by atoms with van der Waals surface area (Å²) in [5.41, 5.74) is 0.667. The van der Waals surface area contributed by atoms with E-state index >= 15 is 0 Å². The number of benzene rings is 1. The lowest BCUT2D eigenvalue weighted by Gasteiger charge is -2.20. The van der Waals surface area contributed by atoms with Gasteiger partial charge in [0, 0.05) is 13.0 Å². The van der Waals surface area contributed by atoms with Crippen molar-refractivity contribution in [2.75, 3.05) is 6.54 Å². The van der Waals surface area contributed by atoms with Crippen molar-refractivity contribution in [3.63, 3.8) is 0 Å². The molecule has 0 unspecified atom stereocenters. The minimum absolute atomic E-state index is 0.114. The van der Waals surface area contributed by atoms with Gasteiger partial charge in [-0.2, -0.15) is 0 Å². The summed E-state index contributed by atoms with van der Waals surface area (Å²) in [4.78, 5) is 11.8. The third kappa shape index (κ3) is 4.66. The summed E-state index contributed by atoms with van der Waals surface area (Å²) in [6, 6.07) is 6.73. The lowest BCUT2D eigenvalue weighted by atomic mass is 9.87. The summed E-state index contributed by atoms with van der Waals surface area (Å²) >= 11 is 0. The van der Waals surface area contributed by atoms with Crippen LogP contribution in [0, 0.1) is 11.7 Å². The number of rotatable bonds is 5. The molecule has 104 valence electrons. The van der Waals surface area contributed by atoms with Crippen LogP contribution in [0.25, 0.3) is 0 Å². The third-order valence-corrected chi connectivity index (χ3v) is 3.87. The van der Waals surface area contributed by atoms with Crippen LogP contribution in [0.15, 0.2) is 24.3 Å². The molecule has 0 atom stereocenters. The Labute approximate surface area is 114 Å². The van der Waals surface area contributed by atoms with Crippen LogP contribution in [0.2, 0.25) is 0 Å². The summed E-state index contributed by atoms with van der Waals surface area (Å²) < 4.78 is 13.4. The van der Waals surface area contributed by atoms with E-state index in [-0.39, 0.29) is 11.7 Å². The molecule has 2 rings (SSSR count). The number of nitrogens with one attached hydrogen (secondary N) is 1. The van der Waals surface area contributed by atoms with Gasteiger partial charge >= 0.3 is 0 Å². The van der Waals surface area contributed by atoms with E-state index in [9.17, 15) is 9.18 Å². The highest BCUT2D eigenvalue weighted by atomic mass is 19.1. The van der Waals surface area contributed by atoms with Crippen LogP contribution in [0.1, 0.15) is 44.1 Å². The van der Waals surface area contributed by atoms with Gasteiger partial charge in [0.1, 0.15) is 5.82 Å². The fraction of sp³-hybridized carbons (Fsp3) is 0.562. The summed E-state index contributed by atoms with van der Waals surface area (Å²) in [5.74, 6) is 0.481. The van der Waals surface area contributed by atoms with Crippen LogP contribution in [0.4, 0.5) is 4.39 Å². The Balaban J connectivity index is 1.67. The molecule has 1 aromatic carbocycles.